The Morgan fingerprint density at radius 3 is 2.75 bits per heavy atom. The normalized spacial score (nSPS) is 11.6. The number of ether oxygens (including phenoxy) is 1. The largest absolute Gasteiger partial charge is 0.385 e. The van der Waals surface area contributed by atoms with Crippen molar-refractivity contribution >= 4 is 22.8 Å². The van der Waals surface area contributed by atoms with E-state index in [-0.39, 0.29) is 0 Å². The number of alkyl halides is 1. The van der Waals surface area contributed by atoms with Gasteiger partial charge in [-0.05, 0) is 26.7 Å². The lowest BCUT2D eigenvalue weighted by molar-refractivity contribution is 0.191. The molecule has 0 amide bonds. The Hall–Kier alpha value is -1.07. The Labute approximate surface area is 124 Å². The van der Waals surface area contributed by atoms with Crippen molar-refractivity contribution in [3.8, 4) is 0 Å². The fourth-order valence-electron chi connectivity index (χ4n) is 2.52. The van der Waals surface area contributed by atoms with E-state index in [0.29, 0.717) is 5.88 Å². The number of aryl methyl sites for hydroxylation is 4. The predicted molar refractivity (Wildman–Crippen MR) is 81.5 cm³/mol. The second-order valence-corrected chi connectivity index (χ2v) is 5.27. The number of halogens is 1. The third-order valence-corrected chi connectivity index (χ3v) is 3.66. The van der Waals surface area contributed by atoms with E-state index in [1.807, 2.05) is 11.6 Å². The SMILES string of the molecule is CCn1nc(C)c2nc(CCCl)n(CCCCOC)c21. The highest BCUT2D eigenvalue weighted by Crippen LogP contribution is 2.21. The summed E-state index contributed by atoms with van der Waals surface area (Å²) in [6, 6.07) is 0. The summed E-state index contributed by atoms with van der Waals surface area (Å²) < 4.78 is 9.42. The van der Waals surface area contributed by atoms with Crippen molar-refractivity contribution in [3.63, 3.8) is 0 Å². The molecule has 0 aliphatic carbocycles. The lowest BCUT2D eigenvalue weighted by Crippen LogP contribution is -2.10. The standard InChI is InChI=1S/C14H23ClN4O/c1-4-19-14-13(11(2)17-19)16-12(7-8-15)18(14)9-5-6-10-20-3/h4-10H2,1-3H3. The molecule has 0 atom stereocenters. The van der Waals surface area contributed by atoms with E-state index < -0.39 is 0 Å². The van der Waals surface area contributed by atoms with E-state index in [1.165, 1.54) is 0 Å². The van der Waals surface area contributed by atoms with Gasteiger partial charge in [-0.15, -0.1) is 11.6 Å². The molecule has 2 heterocycles. The van der Waals surface area contributed by atoms with E-state index in [0.717, 1.165) is 61.6 Å². The van der Waals surface area contributed by atoms with Gasteiger partial charge in [-0.3, -0.25) is 0 Å². The maximum absolute atomic E-state index is 5.90. The van der Waals surface area contributed by atoms with E-state index in [1.54, 1.807) is 7.11 Å². The molecule has 2 aromatic rings. The molecule has 20 heavy (non-hydrogen) atoms. The summed E-state index contributed by atoms with van der Waals surface area (Å²) in [4.78, 5) is 4.73. The van der Waals surface area contributed by atoms with Crippen LogP contribution in [0.15, 0.2) is 0 Å². The highest BCUT2D eigenvalue weighted by atomic mass is 35.5. The Balaban J connectivity index is 2.33. The number of imidazole rings is 1. The van der Waals surface area contributed by atoms with E-state index in [4.69, 9.17) is 21.3 Å². The third kappa shape index (κ3) is 2.99. The molecule has 112 valence electrons. The Kier molecular flexibility index (Phi) is 5.43. The first kappa shape index (κ1) is 15.3. The number of nitrogens with zero attached hydrogens (tertiary/aromatic N) is 4. The van der Waals surface area contributed by atoms with Crippen LogP contribution < -0.4 is 0 Å². The summed E-state index contributed by atoms with van der Waals surface area (Å²) in [5, 5.41) is 4.55. The molecular weight excluding hydrogens is 276 g/mol. The highest BCUT2D eigenvalue weighted by Gasteiger charge is 2.17. The van der Waals surface area contributed by atoms with Gasteiger partial charge in [0.2, 0.25) is 0 Å². The molecule has 6 heteroatoms. The molecule has 5 nitrogen and oxygen atoms in total. The zero-order valence-corrected chi connectivity index (χ0v) is 13.3. The second kappa shape index (κ2) is 7.09. The van der Waals surface area contributed by atoms with Gasteiger partial charge in [0.05, 0.1) is 5.69 Å². The van der Waals surface area contributed by atoms with Crippen LogP contribution in [0.25, 0.3) is 11.2 Å². The molecule has 0 aromatic carbocycles. The summed E-state index contributed by atoms with van der Waals surface area (Å²) in [6.45, 7) is 6.72. The van der Waals surface area contributed by atoms with Crippen molar-refractivity contribution in [1.82, 2.24) is 19.3 Å². The maximum Gasteiger partial charge on any atom is 0.158 e. The summed E-state index contributed by atoms with van der Waals surface area (Å²) in [5.41, 5.74) is 3.13. The van der Waals surface area contributed by atoms with Crippen molar-refractivity contribution < 1.29 is 4.74 Å². The average Bonchev–Trinajstić information content (AvgIpc) is 2.94. The molecule has 0 aliphatic rings. The summed E-state index contributed by atoms with van der Waals surface area (Å²) in [6.07, 6.45) is 2.92. The summed E-state index contributed by atoms with van der Waals surface area (Å²) in [5.74, 6) is 1.66. The Bertz CT molecular complexity index is 561. The summed E-state index contributed by atoms with van der Waals surface area (Å²) >= 11 is 5.90. The van der Waals surface area contributed by atoms with Crippen molar-refractivity contribution in [1.29, 1.82) is 0 Å². The number of rotatable bonds is 8. The number of hydrogen-bond donors (Lipinski definition) is 0. The Morgan fingerprint density at radius 2 is 2.10 bits per heavy atom. The molecule has 0 spiro atoms. The first-order valence-corrected chi connectivity index (χ1v) is 7.73. The molecular formula is C14H23ClN4O. The van der Waals surface area contributed by atoms with Crippen LogP contribution in [0.4, 0.5) is 0 Å². The van der Waals surface area contributed by atoms with E-state index >= 15 is 0 Å². The zero-order valence-electron chi connectivity index (χ0n) is 12.5. The van der Waals surface area contributed by atoms with Crippen LogP contribution in [0, 0.1) is 6.92 Å². The number of fused-ring (bicyclic) bond motifs is 1. The van der Waals surface area contributed by atoms with Gasteiger partial charge < -0.3 is 9.30 Å². The first-order chi connectivity index (χ1) is 9.72. The van der Waals surface area contributed by atoms with Gasteiger partial charge in [-0.25, -0.2) is 9.67 Å². The molecule has 0 unspecified atom stereocenters. The van der Waals surface area contributed by atoms with Crippen LogP contribution in [0.3, 0.4) is 0 Å². The van der Waals surface area contributed by atoms with Crippen LogP contribution in [0.5, 0.6) is 0 Å². The quantitative estimate of drug-likeness (QED) is 0.556. The molecule has 0 aliphatic heterocycles. The predicted octanol–water partition coefficient (Wildman–Crippen LogP) is 2.77. The fraction of sp³-hybridized carbons (Fsp3) is 0.714. The van der Waals surface area contributed by atoms with E-state index in [9.17, 15) is 0 Å². The molecule has 0 radical (unpaired) electrons. The maximum atomic E-state index is 5.90. The minimum atomic E-state index is 0.594. The number of hydrogen-bond acceptors (Lipinski definition) is 3. The molecule has 0 saturated heterocycles. The Morgan fingerprint density at radius 1 is 1.30 bits per heavy atom. The van der Waals surface area contributed by atoms with Crippen LogP contribution >= 0.6 is 11.6 Å². The summed E-state index contributed by atoms with van der Waals surface area (Å²) in [7, 11) is 1.74. The lowest BCUT2D eigenvalue weighted by Gasteiger charge is -2.09. The van der Waals surface area contributed by atoms with Gasteiger partial charge in [0, 0.05) is 39.1 Å². The van der Waals surface area contributed by atoms with Gasteiger partial charge in [-0.2, -0.15) is 5.10 Å². The molecule has 0 bridgehead atoms. The molecule has 2 aromatic heterocycles. The molecule has 0 N–H and O–H groups in total. The molecule has 0 saturated carbocycles. The van der Waals surface area contributed by atoms with Crippen molar-refractivity contribution in [3.05, 3.63) is 11.5 Å². The second-order valence-electron chi connectivity index (χ2n) is 4.89. The highest BCUT2D eigenvalue weighted by molar-refractivity contribution is 6.17. The van der Waals surface area contributed by atoms with Gasteiger partial charge in [-0.1, -0.05) is 0 Å². The average molecular weight is 299 g/mol. The molecule has 0 fully saturated rings. The van der Waals surface area contributed by atoms with Gasteiger partial charge in [0.15, 0.2) is 5.65 Å². The van der Waals surface area contributed by atoms with Crippen LogP contribution in [0.1, 0.15) is 31.3 Å². The topological polar surface area (TPSA) is 44.9 Å². The fourth-order valence-corrected chi connectivity index (χ4v) is 2.69. The van der Waals surface area contributed by atoms with Crippen LogP contribution in [-0.4, -0.2) is 38.9 Å². The number of unbranched alkanes of at least 4 members (excludes halogenated alkanes) is 1. The van der Waals surface area contributed by atoms with Crippen LogP contribution in [-0.2, 0) is 24.2 Å². The minimum Gasteiger partial charge on any atom is -0.385 e. The lowest BCUT2D eigenvalue weighted by atomic mass is 10.3. The monoisotopic (exact) mass is 298 g/mol. The smallest absolute Gasteiger partial charge is 0.158 e. The van der Waals surface area contributed by atoms with Crippen LogP contribution in [0.2, 0.25) is 0 Å². The number of aromatic nitrogens is 4. The van der Waals surface area contributed by atoms with Gasteiger partial charge in [0.25, 0.3) is 0 Å². The van der Waals surface area contributed by atoms with Crippen molar-refractivity contribution in [2.45, 2.75) is 46.2 Å². The van der Waals surface area contributed by atoms with Gasteiger partial charge >= 0.3 is 0 Å². The minimum absolute atomic E-state index is 0.594. The van der Waals surface area contributed by atoms with Gasteiger partial charge in [0.1, 0.15) is 11.3 Å². The zero-order chi connectivity index (χ0) is 14.5. The first-order valence-electron chi connectivity index (χ1n) is 7.20. The molecule has 2 rings (SSSR count). The number of methoxy groups -OCH3 is 1. The van der Waals surface area contributed by atoms with Crippen molar-refractivity contribution in [2.24, 2.45) is 0 Å². The van der Waals surface area contributed by atoms with E-state index in [2.05, 4.69) is 16.6 Å². The van der Waals surface area contributed by atoms with Crippen molar-refractivity contribution in [2.75, 3.05) is 19.6 Å². The third-order valence-electron chi connectivity index (χ3n) is 3.48.